The standard InChI is InChI=1S/C23H25N5O.2H2/c1-3-16-5-4-6-17(9-16)18-10-20-22(26-11-18)23(29)15(2)21(28-20)13-25-12-19-7-8-24-14-27-19;;/h4-11,14-15,21,25,28H,3,12-13H2,1-2H3;2*1H. The number of nitrogens with one attached hydrogen (secondary N) is 2. The van der Waals surface area contributed by atoms with Gasteiger partial charge in [0.25, 0.3) is 0 Å². The minimum Gasteiger partial charge on any atom is -0.378 e. The Labute approximate surface area is 173 Å². The van der Waals surface area contributed by atoms with Crippen molar-refractivity contribution in [2.45, 2.75) is 32.9 Å². The van der Waals surface area contributed by atoms with Gasteiger partial charge in [0.1, 0.15) is 12.0 Å². The SMILES string of the molecule is CCc1cccc(-c2cnc3c(c2)NC(CNCc2ccncn2)C(C)C3=O)c1.[HH].[HH]. The van der Waals surface area contributed by atoms with Crippen LogP contribution in [0.2, 0.25) is 0 Å². The lowest BCUT2D eigenvalue weighted by molar-refractivity contribution is 0.0905. The van der Waals surface area contributed by atoms with Crippen molar-refractivity contribution in [1.29, 1.82) is 0 Å². The summed E-state index contributed by atoms with van der Waals surface area (Å²) in [6.45, 7) is 5.39. The first-order chi connectivity index (χ1) is 14.2. The summed E-state index contributed by atoms with van der Waals surface area (Å²) in [7, 11) is 0. The predicted molar refractivity (Wildman–Crippen MR) is 118 cm³/mol. The van der Waals surface area contributed by atoms with Gasteiger partial charge in [0.2, 0.25) is 0 Å². The van der Waals surface area contributed by atoms with Gasteiger partial charge in [0.15, 0.2) is 5.78 Å². The maximum atomic E-state index is 12.9. The minimum absolute atomic E-state index is 0. The Morgan fingerprint density at radius 2 is 2.07 bits per heavy atom. The normalized spacial score (nSPS) is 18.2. The molecule has 1 aromatic carbocycles. The fraction of sp³-hybridized carbons (Fsp3) is 0.304. The van der Waals surface area contributed by atoms with Crippen molar-refractivity contribution in [2.75, 3.05) is 11.9 Å². The highest BCUT2D eigenvalue weighted by Crippen LogP contribution is 2.31. The largest absolute Gasteiger partial charge is 0.378 e. The molecule has 3 heterocycles. The van der Waals surface area contributed by atoms with E-state index < -0.39 is 0 Å². The highest BCUT2D eigenvalue weighted by molar-refractivity contribution is 6.03. The molecular weight excluding hydrogens is 362 g/mol. The number of fused-ring (bicyclic) bond motifs is 1. The highest BCUT2D eigenvalue weighted by atomic mass is 16.1. The van der Waals surface area contributed by atoms with E-state index in [0.717, 1.165) is 28.9 Å². The molecule has 152 valence electrons. The van der Waals surface area contributed by atoms with Crippen molar-refractivity contribution in [3.8, 4) is 11.1 Å². The van der Waals surface area contributed by atoms with Crippen LogP contribution in [0.15, 0.2) is 55.1 Å². The molecule has 0 aliphatic carbocycles. The Morgan fingerprint density at radius 3 is 2.86 bits per heavy atom. The third-order valence-electron chi connectivity index (χ3n) is 5.46. The first-order valence-corrected chi connectivity index (χ1v) is 10.0. The Kier molecular flexibility index (Phi) is 5.62. The Bertz CT molecular complexity index is 1020. The highest BCUT2D eigenvalue weighted by Gasteiger charge is 2.33. The number of benzene rings is 1. The second-order valence-corrected chi connectivity index (χ2v) is 7.41. The van der Waals surface area contributed by atoms with Crippen LogP contribution in [0.1, 0.15) is 38.4 Å². The number of rotatable bonds is 6. The van der Waals surface area contributed by atoms with Gasteiger partial charge in [-0.1, -0.05) is 38.1 Å². The topological polar surface area (TPSA) is 79.8 Å². The number of anilines is 1. The summed E-state index contributed by atoms with van der Waals surface area (Å²) in [4.78, 5) is 25.5. The van der Waals surface area contributed by atoms with Crippen LogP contribution in [-0.4, -0.2) is 33.3 Å². The first-order valence-electron chi connectivity index (χ1n) is 10.0. The van der Waals surface area contributed by atoms with E-state index in [1.807, 2.05) is 19.1 Å². The quantitative estimate of drug-likeness (QED) is 0.661. The maximum Gasteiger partial charge on any atom is 0.188 e. The van der Waals surface area contributed by atoms with E-state index in [-0.39, 0.29) is 20.6 Å². The summed E-state index contributed by atoms with van der Waals surface area (Å²) in [6.07, 6.45) is 6.05. The lowest BCUT2D eigenvalue weighted by Crippen LogP contribution is -2.44. The van der Waals surface area contributed by atoms with Crippen LogP contribution in [0, 0.1) is 5.92 Å². The molecule has 2 aromatic heterocycles. The van der Waals surface area contributed by atoms with Crippen LogP contribution in [0.3, 0.4) is 0 Å². The Balaban J connectivity index is 0.00000171. The number of aromatic nitrogens is 3. The molecule has 0 saturated carbocycles. The third kappa shape index (κ3) is 4.17. The number of ketones is 1. The molecule has 29 heavy (non-hydrogen) atoms. The maximum absolute atomic E-state index is 12.9. The molecule has 6 nitrogen and oxygen atoms in total. The van der Waals surface area contributed by atoms with Crippen LogP contribution >= 0.6 is 0 Å². The number of nitrogens with zero attached hydrogens (tertiary/aromatic N) is 3. The molecule has 4 rings (SSSR count). The molecule has 1 aliphatic heterocycles. The zero-order valence-corrected chi connectivity index (χ0v) is 16.7. The third-order valence-corrected chi connectivity index (χ3v) is 5.46. The van der Waals surface area contributed by atoms with Gasteiger partial charge in [-0.25, -0.2) is 9.97 Å². The van der Waals surface area contributed by atoms with Gasteiger partial charge in [0.05, 0.1) is 11.4 Å². The van der Waals surface area contributed by atoms with Crippen molar-refractivity contribution in [3.05, 3.63) is 72.1 Å². The Hall–Kier alpha value is -3.12. The summed E-state index contributed by atoms with van der Waals surface area (Å²) < 4.78 is 0. The van der Waals surface area contributed by atoms with Crippen molar-refractivity contribution >= 4 is 11.5 Å². The van der Waals surface area contributed by atoms with Crippen molar-refractivity contribution in [3.63, 3.8) is 0 Å². The smallest absolute Gasteiger partial charge is 0.188 e. The Morgan fingerprint density at radius 1 is 1.17 bits per heavy atom. The number of carbonyl (C=O) groups is 1. The van der Waals surface area contributed by atoms with Gasteiger partial charge in [-0.2, -0.15) is 0 Å². The van der Waals surface area contributed by atoms with Gasteiger partial charge in [-0.15, -0.1) is 0 Å². The van der Waals surface area contributed by atoms with E-state index in [1.54, 1.807) is 18.7 Å². The molecular formula is C23H29N5O. The van der Waals surface area contributed by atoms with Gasteiger partial charge >= 0.3 is 0 Å². The molecule has 2 unspecified atom stereocenters. The zero-order chi connectivity index (χ0) is 20.2. The molecule has 6 heteroatoms. The van der Waals surface area contributed by atoms with Crippen molar-refractivity contribution in [1.82, 2.24) is 20.3 Å². The van der Waals surface area contributed by atoms with Gasteiger partial charge in [0, 0.05) is 45.9 Å². The fourth-order valence-corrected chi connectivity index (χ4v) is 3.63. The summed E-state index contributed by atoms with van der Waals surface area (Å²) in [6, 6.07) is 12.4. The predicted octanol–water partition coefficient (Wildman–Crippen LogP) is 4.00. The van der Waals surface area contributed by atoms with E-state index in [4.69, 9.17) is 0 Å². The second-order valence-electron chi connectivity index (χ2n) is 7.41. The lowest BCUT2D eigenvalue weighted by Gasteiger charge is -2.31. The molecule has 0 bridgehead atoms. The number of hydrogen-bond acceptors (Lipinski definition) is 6. The van der Waals surface area contributed by atoms with Crippen LogP contribution in [0.25, 0.3) is 11.1 Å². The van der Waals surface area contributed by atoms with Crippen LogP contribution in [0.5, 0.6) is 0 Å². The van der Waals surface area contributed by atoms with E-state index in [1.165, 1.54) is 5.56 Å². The molecule has 0 fully saturated rings. The summed E-state index contributed by atoms with van der Waals surface area (Å²) >= 11 is 0. The molecule has 3 aromatic rings. The minimum atomic E-state index is -0.151. The van der Waals surface area contributed by atoms with E-state index in [0.29, 0.717) is 18.8 Å². The number of hydrogen-bond donors (Lipinski definition) is 2. The fourth-order valence-electron chi connectivity index (χ4n) is 3.63. The molecule has 2 N–H and O–H groups in total. The monoisotopic (exact) mass is 391 g/mol. The number of pyridine rings is 1. The first kappa shape index (κ1) is 19.2. The lowest BCUT2D eigenvalue weighted by atomic mass is 9.89. The number of Topliss-reactive ketones (excluding diaryl/α,β-unsaturated/α-hetero) is 1. The molecule has 0 spiro atoms. The van der Waals surface area contributed by atoms with E-state index in [2.05, 4.69) is 56.8 Å². The van der Waals surface area contributed by atoms with Crippen LogP contribution < -0.4 is 10.6 Å². The summed E-state index contributed by atoms with van der Waals surface area (Å²) in [5.74, 6) is -0.0661. The zero-order valence-electron chi connectivity index (χ0n) is 16.7. The molecule has 0 radical (unpaired) electrons. The van der Waals surface area contributed by atoms with Crippen LogP contribution in [0.4, 0.5) is 5.69 Å². The molecule has 2 atom stereocenters. The van der Waals surface area contributed by atoms with Crippen molar-refractivity contribution in [2.24, 2.45) is 5.92 Å². The number of carbonyl (C=O) groups excluding carboxylic acids is 1. The average molecular weight is 392 g/mol. The van der Waals surface area contributed by atoms with Crippen molar-refractivity contribution < 1.29 is 7.65 Å². The summed E-state index contributed by atoms with van der Waals surface area (Å²) in [5.41, 5.74) is 5.67. The second kappa shape index (κ2) is 8.49. The van der Waals surface area contributed by atoms with E-state index >= 15 is 0 Å². The molecule has 0 amide bonds. The van der Waals surface area contributed by atoms with Gasteiger partial charge in [-0.3, -0.25) is 9.78 Å². The average Bonchev–Trinajstić information content (AvgIpc) is 2.77. The van der Waals surface area contributed by atoms with Gasteiger partial charge < -0.3 is 10.6 Å². The number of aryl methyl sites for hydroxylation is 1. The van der Waals surface area contributed by atoms with Gasteiger partial charge in [-0.05, 0) is 29.7 Å². The summed E-state index contributed by atoms with van der Waals surface area (Å²) in [5, 5.41) is 6.91. The van der Waals surface area contributed by atoms with E-state index in [9.17, 15) is 4.79 Å². The molecule has 1 aliphatic rings. The van der Waals surface area contributed by atoms with Crippen LogP contribution in [-0.2, 0) is 13.0 Å². The molecule has 0 saturated heterocycles.